The standard InChI is InChI=1S/C34H27N/c1-34(2,3)22-16-18-26-27-19-17-23(21-31(27)25-11-5-4-10-24(25)30(26)20-22)35-32-14-8-6-12-28(32)29-13-7-9-15-33(29)35/h4-21H,1-3H3. The predicted molar refractivity (Wildman–Crippen MR) is 152 cm³/mol. The van der Waals surface area contributed by atoms with Crippen molar-refractivity contribution in [2.75, 3.05) is 0 Å². The molecule has 7 rings (SSSR count). The second-order valence-corrected chi connectivity index (χ2v) is 10.7. The zero-order chi connectivity index (χ0) is 23.7. The molecule has 1 nitrogen and oxygen atoms in total. The van der Waals surface area contributed by atoms with Gasteiger partial charge in [-0.1, -0.05) is 99.6 Å². The Balaban J connectivity index is 1.60. The molecule has 0 amide bonds. The van der Waals surface area contributed by atoms with Crippen LogP contribution in [0, 0.1) is 0 Å². The van der Waals surface area contributed by atoms with Crippen LogP contribution in [0.25, 0.3) is 59.8 Å². The summed E-state index contributed by atoms with van der Waals surface area (Å²) in [5, 5.41) is 10.5. The summed E-state index contributed by atoms with van der Waals surface area (Å²) in [5.41, 5.74) is 5.17. The van der Waals surface area contributed by atoms with Gasteiger partial charge in [0.15, 0.2) is 0 Å². The van der Waals surface area contributed by atoms with Crippen LogP contribution in [0.5, 0.6) is 0 Å². The first-order valence-corrected chi connectivity index (χ1v) is 12.4. The largest absolute Gasteiger partial charge is 0.309 e. The Bertz CT molecular complexity index is 1860. The van der Waals surface area contributed by atoms with Crippen LogP contribution in [0.2, 0.25) is 0 Å². The molecule has 0 spiro atoms. The molecule has 6 aromatic carbocycles. The van der Waals surface area contributed by atoms with E-state index in [0.717, 1.165) is 0 Å². The third-order valence-corrected chi connectivity index (χ3v) is 7.52. The molecule has 0 unspecified atom stereocenters. The maximum atomic E-state index is 2.41. The van der Waals surface area contributed by atoms with Gasteiger partial charge in [0, 0.05) is 16.5 Å². The fourth-order valence-electron chi connectivity index (χ4n) is 5.75. The van der Waals surface area contributed by atoms with Gasteiger partial charge in [-0.15, -0.1) is 0 Å². The van der Waals surface area contributed by atoms with Crippen molar-refractivity contribution in [3.05, 3.63) is 115 Å². The van der Waals surface area contributed by atoms with Gasteiger partial charge < -0.3 is 4.57 Å². The van der Waals surface area contributed by atoms with Gasteiger partial charge in [-0.2, -0.15) is 0 Å². The van der Waals surface area contributed by atoms with Gasteiger partial charge >= 0.3 is 0 Å². The quantitative estimate of drug-likeness (QED) is 0.220. The van der Waals surface area contributed by atoms with Gasteiger partial charge in [0.1, 0.15) is 0 Å². The fourth-order valence-corrected chi connectivity index (χ4v) is 5.75. The highest BCUT2D eigenvalue weighted by molar-refractivity contribution is 6.25. The highest BCUT2D eigenvalue weighted by atomic mass is 15.0. The lowest BCUT2D eigenvalue weighted by molar-refractivity contribution is 0.591. The lowest BCUT2D eigenvalue weighted by Crippen LogP contribution is -2.10. The molecule has 0 N–H and O–H groups in total. The SMILES string of the molecule is CC(C)(C)c1ccc2c3ccc(-n4c5ccccc5c5ccccc54)cc3c3ccccc3c2c1. The second-order valence-electron chi connectivity index (χ2n) is 10.7. The van der Waals surface area contributed by atoms with Crippen LogP contribution in [-0.4, -0.2) is 4.57 Å². The normalized spacial score (nSPS) is 12.4. The Kier molecular flexibility index (Phi) is 4.17. The molecule has 168 valence electrons. The highest BCUT2D eigenvalue weighted by Crippen LogP contribution is 2.39. The summed E-state index contributed by atoms with van der Waals surface area (Å²) in [5.74, 6) is 0. The van der Waals surface area contributed by atoms with E-state index in [1.807, 2.05) is 0 Å². The third kappa shape index (κ3) is 2.94. The number of fused-ring (bicyclic) bond motifs is 9. The van der Waals surface area contributed by atoms with Crippen molar-refractivity contribution >= 4 is 54.1 Å². The monoisotopic (exact) mass is 449 g/mol. The van der Waals surface area contributed by atoms with E-state index >= 15 is 0 Å². The molecule has 0 atom stereocenters. The summed E-state index contributed by atoms with van der Waals surface area (Å²) in [6.45, 7) is 6.86. The maximum Gasteiger partial charge on any atom is 0.0541 e. The zero-order valence-electron chi connectivity index (χ0n) is 20.3. The van der Waals surface area contributed by atoms with Gasteiger partial charge in [-0.3, -0.25) is 0 Å². The number of hydrogen-bond acceptors (Lipinski definition) is 0. The summed E-state index contributed by atoms with van der Waals surface area (Å²) in [7, 11) is 0. The Morgan fingerprint density at radius 2 is 0.886 bits per heavy atom. The molecule has 1 heterocycles. The van der Waals surface area contributed by atoms with Crippen molar-refractivity contribution in [2.24, 2.45) is 0 Å². The Morgan fingerprint density at radius 3 is 1.46 bits per heavy atom. The molecule has 0 aliphatic heterocycles. The molecule has 0 fully saturated rings. The van der Waals surface area contributed by atoms with Crippen molar-refractivity contribution < 1.29 is 0 Å². The molecule has 1 heteroatoms. The minimum atomic E-state index is 0.116. The summed E-state index contributed by atoms with van der Waals surface area (Å²) < 4.78 is 2.41. The van der Waals surface area contributed by atoms with E-state index in [0.29, 0.717) is 0 Å². The van der Waals surface area contributed by atoms with Crippen LogP contribution >= 0.6 is 0 Å². The Labute approximate surface area is 205 Å². The average molecular weight is 450 g/mol. The Hall–Kier alpha value is -4.10. The van der Waals surface area contributed by atoms with E-state index in [1.54, 1.807) is 0 Å². The molecular formula is C34H27N. The number of hydrogen-bond donors (Lipinski definition) is 0. The van der Waals surface area contributed by atoms with Gasteiger partial charge in [-0.25, -0.2) is 0 Å². The molecule has 0 saturated heterocycles. The number of para-hydroxylation sites is 2. The lowest BCUT2D eigenvalue weighted by atomic mass is 9.84. The van der Waals surface area contributed by atoms with E-state index in [9.17, 15) is 0 Å². The molecule has 0 radical (unpaired) electrons. The zero-order valence-corrected chi connectivity index (χ0v) is 20.3. The third-order valence-electron chi connectivity index (χ3n) is 7.52. The Morgan fingerprint density at radius 1 is 0.429 bits per heavy atom. The predicted octanol–water partition coefficient (Wildman–Crippen LogP) is 9.54. The first-order valence-electron chi connectivity index (χ1n) is 12.4. The van der Waals surface area contributed by atoms with Crippen molar-refractivity contribution in [1.82, 2.24) is 4.57 Å². The number of aromatic nitrogens is 1. The minimum absolute atomic E-state index is 0.116. The van der Waals surface area contributed by atoms with Crippen molar-refractivity contribution in [3.8, 4) is 5.69 Å². The highest BCUT2D eigenvalue weighted by Gasteiger charge is 2.17. The topological polar surface area (TPSA) is 4.93 Å². The van der Waals surface area contributed by atoms with Crippen LogP contribution in [0.4, 0.5) is 0 Å². The van der Waals surface area contributed by atoms with E-state index in [1.165, 1.54) is 65.4 Å². The van der Waals surface area contributed by atoms with E-state index in [4.69, 9.17) is 0 Å². The van der Waals surface area contributed by atoms with Crippen molar-refractivity contribution in [3.63, 3.8) is 0 Å². The van der Waals surface area contributed by atoms with Crippen molar-refractivity contribution in [2.45, 2.75) is 26.2 Å². The van der Waals surface area contributed by atoms with E-state index in [2.05, 4.69) is 135 Å². The molecule has 0 aliphatic rings. The van der Waals surface area contributed by atoms with Crippen LogP contribution in [-0.2, 0) is 5.41 Å². The average Bonchev–Trinajstić information content (AvgIpc) is 3.22. The van der Waals surface area contributed by atoms with Crippen LogP contribution in [0.3, 0.4) is 0 Å². The number of rotatable bonds is 1. The van der Waals surface area contributed by atoms with Crippen LogP contribution in [0.1, 0.15) is 26.3 Å². The summed E-state index contributed by atoms with van der Waals surface area (Å²) in [6, 6.07) is 40.3. The van der Waals surface area contributed by atoms with E-state index in [-0.39, 0.29) is 5.41 Å². The first kappa shape index (κ1) is 20.3. The smallest absolute Gasteiger partial charge is 0.0541 e. The van der Waals surface area contributed by atoms with Gasteiger partial charge in [0.2, 0.25) is 0 Å². The lowest BCUT2D eigenvalue weighted by Gasteiger charge is -2.21. The molecule has 0 aliphatic carbocycles. The van der Waals surface area contributed by atoms with Crippen molar-refractivity contribution in [1.29, 1.82) is 0 Å². The van der Waals surface area contributed by atoms with Crippen LogP contribution < -0.4 is 0 Å². The molecule has 1 aromatic heterocycles. The fraction of sp³-hybridized carbons (Fsp3) is 0.118. The van der Waals surface area contributed by atoms with Gasteiger partial charge in [-0.05, 0) is 73.6 Å². The summed E-state index contributed by atoms with van der Waals surface area (Å²) in [4.78, 5) is 0. The molecule has 0 saturated carbocycles. The number of benzene rings is 6. The first-order chi connectivity index (χ1) is 17.0. The molecule has 35 heavy (non-hydrogen) atoms. The summed E-state index contributed by atoms with van der Waals surface area (Å²) >= 11 is 0. The van der Waals surface area contributed by atoms with Gasteiger partial charge in [0.25, 0.3) is 0 Å². The van der Waals surface area contributed by atoms with Gasteiger partial charge in [0.05, 0.1) is 11.0 Å². The molecular weight excluding hydrogens is 422 g/mol. The molecule has 7 aromatic rings. The second kappa shape index (κ2) is 7.20. The molecule has 0 bridgehead atoms. The number of nitrogens with zero attached hydrogens (tertiary/aromatic N) is 1. The minimum Gasteiger partial charge on any atom is -0.309 e. The van der Waals surface area contributed by atoms with E-state index < -0.39 is 0 Å². The van der Waals surface area contributed by atoms with Crippen LogP contribution in [0.15, 0.2) is 109 Å². The summed E-state index contributed by atoms with van der Waals surface area (Å²) in [6.07, 6.45) is 0. The maximum absolute atomic E-state index is 2.41.